The zero-order chi connectivity index (χ0) is 27.9. The minimum Gasteiger partial charge on any atom is -0.364 e. The van der Waals surface area contributed by atoms with Crippen molar-refractivity contribution in [2.24, 2.45) is 23.5 Å². The maximum Gasteiger partial charge on any atom is 0.317 e. The van der Waals surface area contributed by atoms with Gasteiger partial charge in [-0.05, 0) is 48.9 Å². The van der Waals surface area contributed by atoms with Crippen molar-refractivity contribution in [3.05, 3.63) is 41.1 Å². The average molecular weight is 553 g/mol. The molecule has 1 saturated heterocycles. The summed E-state index contributed by atoms with van der Waals surface area (Å²) in [6, 6.07) is 1.43. The van der Waals surface area contributed by atoms with Crippen LogP contribution in [0.1, 0.15) is 53.1 Å². The SMILES string of the molecule is Cc1nonc1C(N)=O.O=C1NCC2C(CN1Cc1cnn3cc(CC4CCC(F)(F)CC4)nc3c1)C2(F)F. The fraction of sp³-hybridized carbons (Fsp3) is 0.583. The number of halogens is 4. The summed E-state index contributed by atoms with van der Waals surface area (Å²) in [4.78, 5) is 28.5. The summed E-state index contributed by atoms with van der Waals surface area (Å²) < 4.78 is 59.9. The summed E-state index contributed by atoms with van der Waals surface area (Å²) in [5.74, 6) is -7.27. The topological polar surface area (TPSA) is 145 Å². The van der Waals surface area contributed by atoms with Crippen molar-refractivity contribution in [1.82, 2.24) is 35.1 Å². The van der Waals surface area contributed by atoms with Gasteiger partial charge in [0.25, 0.3) is 11.8 Å². The Morgan fingerprint density at radius 3 is 2.59 bits per heavy atom. The molecule has 3 fully saturated rings. The summed E-state index contributed by atoms with van der Waals surface area (Å²) in [5.41, 5.74) is 7.46. The molecule has 15 heteroatoms. The molecule has 210 valence electrons. The van der Waals surface area contributed by atoms with Crippen LogP contribution < -0.4 is 11.1 Å². The Hall–Kier alpha value is -3.78. The van der Waals surface area contributed by atoms with Crippen molar-refractivity contribution in [3.63, 3.8) is 0 Å². The second-order valence-electron chi connectivity index (χ2n) is 10.4. The fourth-order valence-corrected chi connectivity index (χ4v) is 5.18. The number of carbonyl (C=O) groups is 2. The molecule has 3 amide bonds. The van der Waals surface area contributed by atoms with Gasteiger partial charge in [0.1, 0.15) is 5.69 Å². The van der Waals surface area contributed by atoms with Crippen molar-refractivity contribution in [2.75, 3.05) is 13.1 Å². The zero-order valence-electron chi connectivity index (χ0n) is 21.1. The lowest BCUT2D eigenvalue weighted by atomic mass is 9.84. The molecule has 2 saturated carbocycles. The molecule has 3 N–H and O–H groups in total. The predicted molar refractivity (Wildman–Crippen MR) is 127 cm³/mol. The predicted octanol–water partition coefficient (Wildman–Crippen LogP) is 2.98. The van der Waals surface area contributed by atoms with E-state index in [4.69, 9.17) is 5.73 Å². The molecule has 1 aliphatic heterocycles. The monoisotopic (exact) mass is 552 g/mol. The number of alkyl halides is 4. The molecule has 0 spiro atoms. The maximum atomic E-state index is 13.7. The number of urea groups is 1. The summed E-state index contributed by atoms with van der Waals surface area (Å²) in [6.07, 6.45) is 4.83. The number of primary amides is 1. The van der Waals surface area contributed by atoms with Gasteiger partial charge in [-0.2, -0.15) is 5.10 Å². The number of nitrogens with zero attached hydrogens (tertiary/aromatic N) is 6. The Kier molecular flexibility index (Phi) is 6.93. The number of aromatic nitrogens is 5. The molecule has 3 aromatic rings. The van der Waals surface area contributed by atoms with Crippen LogP contribution in [0.2, 0.25) is 0 Å². The number of rotatable bonds is 5. The molecule has 0 radical (unpaired) electrons. The van der Waals surface area contributed by atoms with Crippen molar-refractivity contribution >= 4 is 17.6 Å². The minimum atomic E-state index is -2.71. The van der Waals surface area contributed by atoms with E-state index in [9.17, 15) is 27.2 Å². The third-order valence-corrected chi connectivity index (χ3v) is 7.56. The molecule has 39 heavy (non-hydrogen) atoms. The number of hydrogen-bond donors (Lipinski definition) is 2. The van der Waals surface area contributed by atoms with Crippen LogP contribution in [0.3, 0.4) is 0 Å². The molecule has 6 rings (SSSR count). The number of imidazole rings is 1. The summed E-state index contributed by atoms with van der Waals surface area (Å²) >= 11 is 0. The van der Waals surface area contributed by atoms with Crippen molar-refractivity contribution in [3.8, 4) is 0 Å². The molecule has 3 aromatic heterocycles. The van der Waals surface area contributed by atoms with Gasteiger partial charge in [0.15, 0.2) is 11.3 Å². The lowest BCUT2D eigenvalue weighted by Crippen LogP contribution is -2.40. The van der Waals surface area contributed by atoms with Gasteiger partial charge in [-0.25, -0.2) is 36.5 Å². The first-order valence-electron chi connectivity index (χ1n) is 12.6. The Balaban J connectivity index is 0.000000292. The minimum absolute atomic E-state index is 0.000994. The lowest BCUT2D eigenvalue weighted by Gasteiger charge is -2.27. The number of aryl methyl sites for hydroxylation is 1. The van der Waals surface area contributed by atoms with E-state index in [0.717, 1.165) is 5.69 Å². The number of nitrogens with one attached hydrogen (secondary N) is 1. The van der Waals surface area contributed by atoms with E-state index in [0.29, 0.717) is 36.2 Å². The van der Waals surface area contributed by atoms with Crippen molar-refractivity contribution < 1.29 is 31.8 Å². The van der Waals surface area contributed by atoms with Gasteiger partial charge in [0, 0.05) is 32.5 Å². The molecule has 3 aliphatic rings. The Morgan fingerprint density at radius 1 is 1.21 bits per heavy atom. The summed E-state index contributed by atoms with van der Waals surface area (Å²) in [5, 5.41) is 13.5. The summed E-state index contributed by atoms with van der Waals surface area (Å²) in [7, 11) is 0. The highest BCUT2D eigenvalue weighted by Gasteiger charge is 2.69. The third-order valence-electron chi connectivity index (χ3n) is 7.56. The molecule has 2 aliphatic carbocycles. The van der Waals surface area contributed by atoms with Crippen LogP contribution in [0.25, 0.3) is 5.65 Å². The first-order valence-corrected chi connectivity index (χ1v) is 12.6. The van der Waals surface area contributed by atoms with Crippen LogP contribution in [-0.2, 0) is 13.0 Å². The van der Waals surface area contributed by atoms with Gasteiger partial charge in [-0.15, -0.1) is 0 Å². The van der Waals surface area contributed by atoms with E-state index < -0.39 is 29.6 Å². The van der Waals surface area contributed by atoms with Crippen molar-refractivity contribution in [1.29, 1.82) is 0 Å². The quantitative estimate of drug-likeness (QED) is 0.463. The van der Waals surface area contributed by atoms with E-state index in [1.165, 1.54) is 4.90 Å². The normalized spacial score (nSPS) is 23.8. The number of amides is 3. The molecular formula is C24H28F4N8O3. The van der Waals surface area contributed by atoms with Gasteiger partial charge in [0.2, 0.25) is 5.92 Å². The van der Waals surface area contributed by atoms with Gasteiger partial charge in [0.05, 0.1) is 29.9 Å². The highest BCUT2D eigenvalue weighted by atomic mass is 19.3. The standard InChI is InChI=1S/C20H23F4N5O.C4H5N3O2/c21-19(22)3-1-12(2-4-19)5-14-10-29-17(27-14)6-13(7-26-29)9-28-11-16-15(20(16,23)24)8-25-18(28)30;1-2-3(4(5)8)7-9-6-2/h6-7,10,12,15-16H,1-5,8-9,11H2,(H,25,30);1H3,(H2,5,8). The molecular weight excluding hydrogens is 524 g/mol. The lowest BCUT2D eigenvalue weighted by molar-refractivity contribution is -0.0457. The van der Waals surface area contributed by atoms with E-state index >= 15 is 0 Å². The van der Waals surface area contributed by atoms with Gasteiger partial charge < -0.3 is 16.0 Å². The van der Waals surface area contributed by atoms with Crippen LogP contribution >= 0.6 is 0 Å². The van der Waals surface area contributed by atoms with E-state index in [1.807, 2.05) is 0 Å². The zero-order valence-corrected chi connectivity index (χ0v) is 21.1. The van der Waals surface area contributed by atoms with Crippen LogP contribution in [-0.4, -0.2) is 66.7 Å². The Bertz CT molecular complexity index is 1370. The number of carbonyl (C=O) groups excluding carboxylic acids is 2. The first-order chi connectivity index (χ1) is 18.4. The second-order valence-corrected chi connectivity index (χ2v) is 10.4. The van der Waals surface area contributed by atoms with Crippen LogP contribution in [0, 0.1) is 24.7 Å². The molecule has 11 nitrogen and oxygen atoms in total. The first kappa shape index (κ1) is 26.8. The molecule has 2 atom stereocenters. The van der Waals surface area contributed by atoms with E-state index in [1.54, 1.807) is 29.9 Å². The van der Waals surface area contributed by atoms with E-state index in [-0.39, 0.29) is 50.1 Å². The van der Waals surface area contributed by atoms with Crippen LogP contribution in [0.15, 0.2) is 23.1 Å². The van der Waals surface area contributed by atoms with Crippen molar-refractivity contribution in [2.45, 2.75) is 57.4 Å². The molecule has 4 heterocycles. The largest absolute Gasteiger partial charge is 0.364 e. The third kappa shape index (κ3) is 5.81. The van der Waals surface area contributed by atoms with Gasteiger partial charge in [-0.1, -0.05) is 5.16 Å². The van der Waals surface area contributed by atoms with E-state index in [2.05, 4.69) is 30.3 Å². The Labute approximate surface area is 220 Å². The maximum absolute atomic E-state index is 13.7. The van der Waals surface area contributed by atoms with Crippen LogP contribution in [0.4, 0.5) is 22.4 Å². The van der Waals surface area contributed by atoms with Crippen LogP contribution in [0.5, 0.6) is 0 Å². The number of hydrogen-bond acceptors (Lipinski definition) is 7. The number of nitrogens with two attached hydrogens (primary N) is 1. The Morgan fingerprint density at radius 2 is 1.95 bits per heavy atom. The highest BCUT2D eigenvalue weighted by Crippen LogP contribution is 2.55. The average Bonchev–Trinajstić information content (AvgIpc) is 3.17. The van der Waals surface area contributed by atoms with Gasteiger partial charge >= 0.3 is 6.03 Å². The summed E-state index contributed by atoms with van der Waals surface area (Å²) in [6.45, 7) is 1.78. The second kappa shape index (κ2) is 10.1. The smallest absolute Gasteiger partial charge is 0.317 e. The number of fused-ring (bicyclic) bond motifs is 2. The molecule has 2 unspecified atom stereocenters. The molecule has 0 bridgehead atoms. The van der Waals surface area contributed by atoms with Gasteiger partial charge in [-0.3, -0.25) is 4.79 Å². The molecule has 0 aromatic carbocycles. The fourth-order valence-electron chi connectivity index (χ4n) is 5.18. The highest BCUT2D eigenvalue weighted by molar-refractivity contribution is 5.91.